The number of hydrogen-bond donors (Lipinski definition) is 1. The molecular formula is C22H25ClN6O2. The number of aromatic nitrogens is 4. The normalized spacial score (nSPS) is 11.7. The molecule has 9 heteroatoms. The van der Waals surface area contributed by atoms with Crippen molar-refractivity contribution >= 4 is 29.1 Å². The predicted octanol–water partition coefficient (Wildman–Crippen LogP) is 3.60. The number of aryl methyl sites for hydroxylation is 1. The van der Waals surface area contributed by atoms with Crippen LogP contribution in [-0.2, 0) is 16.0 Å². The molecule has 0 saturated carbocycles. The minimum Gasteiger partial charge on any atom is -0.335 e. The zero-order valence-electron chi connectivity index (χ0n) is 17.7. The molecule has 1 unspecified atom stereocenters. The maximum Gasteiger partial charge on any atom is 0.249 e. The second-order valence-corrected chi connectivity index (χ2v) is 7.55. The van der Waals surface area contributed by atoms with Crippen LogP contribution in [0.4, 0.5) is 5.69 Å². The van der Waals surface area contributed by atoms with E-state index in [1.807, 2.05) is 38.1 Å². The van der Waals surface area contributed by atoms with Crippen LogP contribution in [0.25, 0.3) is 11.4 Å². The van der Waals surface area contributed by atoms with Crippen molar-refractivity contribution < 1.29 is 9.59 Å². The quantitative estimate of drug-likeness (QED) is 0.577. The third-order valence-electron chi connectivity index (χ3n) is 4.91. The number of carbonyl (C=O) groups is 2. The second-order valence-electron chi connectivity index (χ2n) is 7.12. The Balaban J connectivity index is 1.67. The van der Waals surface area contributed by atoms with E-state index in [1.165, 1.54) is 9.70 Å². The van der Waals surface area contributed by atoms with E-state index in [4.69, 9.17) is 11.6 Å². The van der Waals surface area contributed by atoms with Crippen LogP contribution in [0.1, 0.15) is 31.9 Å². The third kappa shape index (κ3) is 5.46. The first-order chi connectivity index (χ1) is 14.9. The van der Waals surface area contributed by atoms with Crippen molar-refractivity contribution in [3.8, 4) is 11.4 Å². The molecule has 0 fully saturated rings. The molecule has 162 valence electrons. The molecule has 1 heterocycles. The van der Waals surface area contributed by atoms with E-state index in [-0.39, 0.29) is 18.4 Å². The number of para-hydroxylation sites is 1. The van der Waals surface area contributed by atoms with E-state index in [9.17, 15) is 9.59 Å². The van der Waals surface area contributed by atoms with Gasteiger partial charge in [-0.2, -0.15) is 4.80 Å². The number of carbonyl (C=O) groups excluding carboxylic acids is 2. The smallest absolute Gasteiger partial charge is 0.249 e. The largest absolute Gasteiger partial charge is 0.335 e. The summed E-state index contributed by atoms with van der Waals surface area (Å²) in [6.07, 6.45) is 1.26. The Morgan fingerprint density at radius 1 is 1.13 bits per heavy atom. The van der Waals surface area contributed by atoms with Crippen molar-refractivity contribution in [2.75, 3.05) is 18.9 Å². The van der Waals surface area contributed by atoms with Gasteiger partial charge in [-0.05, 0) is 54.0 Å². The van der Waals surface area contributed by atoms with Crippen molar-refractivity contribution in [3.05, 3.63) is 59.1 Å². The van der Waals surface area contributed by atoms with Gasteiger partial charge in [0.15, 0.2) is 6.04 Å². The Morgan fingerprint density at radius 2 is 1.84 bits per heavy atom. The van der Waals surface area contributed by atoms with Gasteiger partial charge in [0.2, 0.25) is 17.6 Å². The van der Waals surface area contributed by atoms with Crippen molar-refractivity contribution in [2.24, 2.45) is 0 Å². The number of nitrogens with zero attached hydrogens (tertiary/aromatic N) is 5. The van der Waals surface area contributed by atoms with Crippen LogP contribution in [0.5, 0.6) is 0 Å². The summed E-state index contributed by atoms with van der Waals surface area (Å²) in [6.45, 7) is 3.81. The van der Waals surface area contributed by atoms with Gasteiger partial charge in [-0.25, -0.2) is 0 Å². The van der Waals surface area contributed by atoms with E-state index >= 15 is 0 Å². The van der Waals surface area contributed by atoms with Crippen LogP contribution < -0.4 is 5.32 Å². The van der Waals surface area contributed by atoms with E-state index in [2.05, 4.69) is 20.7 Å². The summed E-state index contributed by atoms with van der Waals surface area (Å²) in [5.41, 5.74) is 2.55. The molecule has 0 spiro atoms. The lowest BCUT2D eigenvalue weighted by atomic mass is 10.1. The first kappa shape index (κ1) is 22.4. The zero-order chi connectivity index (χ0) is 22.4. The lowest BCUT2D eigenvalue weighted by molar-refractivity contribution is -0.137. The number of hydrogen-bond acceptors (Lipinski definition) is 5. The Kier molecular flexibility index (Phi) is 7.36. The SMILES string of the molecule is CCc1ccccc1NC(=O)CN(C)C(=O)C(CC)n1nnc(-c2ccc(Cl)cc2)n1. The zero-order valence-corrected chi connectivity index (χ0v) is 18.5. The molecule has 0 saturated heterocycles. The first-order valence-corrected chi connectivity index (χ1v) is 10.5. The third-order valence-corrected chi connectivity index (χ3v) is 5.16. The number of likely N-dealkylation sites (N-methyl/N-ethyl adjacent to an activating group) is 1. The summed E-state index contributed by atoms with van der Waals surface area (Å²) in [5.74, 6) is -0.124. The molecule has 0 aliphatic rings. The number of benzene rings is 2. The number of halogens is 1. The molecular weight excluding hydrogens is 416 g/mol. The molecule has 1 aromatic heterocycles. The average molecular weight is 441 g/mol. The van der Waals surface area contributed by atoms with Crippen LogP contribution in [0.15, 0.2) is 48.5 Å². The number of nitrogens with one attached hydrogen (secondary N) is 1. The molecule has 1 atom stereocenters. The highest BCUT2D eigenvalue weighted by molar-refractivity contribution is 6.30. The fraction of sp³-hybridized carbons (Fsp3) is 0.318. The van der Waals surface area contributed by atoms with Gasteiger partial charge in [0.25, 0.3) is 0 Å². The standard InChI is InChI=1S/C22H25ClN6O2/c1-4-15-8-6-7-9-18(15)24-20(30)14-28(3)22(31)19(5-2)29-26-21(25-27-29)16-10-12-17(23)13-11-16/h6-13,19H,4-5,14H2,1-3H3,(H,24,30). The average Bonchev–Trinajstić information content (AvgIpc) is 3.24. The minimum atomic E-state index is -0.658. The van der Waals surface area contributed by atoms with E-state index < -0.39 is 6.04 Å². The van der Waals surface area contributed by atoms with Crippen LogP contribution in [0, 0.1) is 0 Å². The van der Waals surface area contributed by atoms with Gasteiger partial charge in [-0.3, -0.25) is 9.59 Å². The van der Waals surface area contributed by atoms with E-state index in [0.717, 1.165) is 23.2 Å². The Hall–Kier alpha value is -3.26. The summed E-state index contributed by atoms with van der Waals surface area (Å²) in [7, 11) is 1.59. The molecule has 1 N–H and O–H groups in total. The van der Waals surface area contributed by atoms with E-state index in [0.29, 0.717) is 17.3 Å². The molecule has 0 radical (unpaired) electrons. The summed E-state index contributed by atoms with van der Waals surface area (Å²) < 4.78 is 0. The molecule has 8 nitrogen and oxygen atoms in total. The van der Waals surface area contributed by atoms with Crippen LogP contribution in [0.2, 0.25) is 5.02 Å². The highest BCUT2D eigenvalue weighted by Crippen LogP contribution is 2.19. The van der Waals surface area contributed by atoms with Gasteiger partial charge < -0.3 is 10.2 Å². The van der Waals surface area contributed by atoms with Gasteiger partial charge in [0.1, 0.15) is 0 Å². The molecule has 3 rings (SSSR count). The Morgan fingerprint density at radius 3 is 2.52 bits per heavy atom. The van der Waals surface area contributed by atoms with Crippen molar-refractivity contribution in [3.63, 3.8) is 0 Å². The van der Waals surface area contributed by atoms with Gasteiger partial charge in [0.05, 0.1) is 6.54 Å². The van der Waals surface area contributed by atoms with Gasteiger partial charge >= 0.3 is 0 Å². The van der Waals surface area contributed by atoms with Gasteiger partial charge in [0, 0.05) is 23.3 Å². The van der Waals surface area contributed by atoms with Crippen LogP contribution in [-0.4, -0.2) is 50.5 Å². The summed E-state index contributed by atoms with van der Waals surface area (Å²) in [4.78, 5) is 28.1. The highest BCUT2D eigenvalue weighted by atomic mass is 35.5. The Labute approximate surface area is 186 Å². The maximum atomic E-state index is 13.0. The molecule has 0 aliphatic carbocycles. The highest BCUT2D eigenvalue weighted by Gasteiger charge is 2.26. The number of rotatable bonds is 8. The summed E-state index contributed by atoms with van der Waals surface area (Å²) >= 11 is 5.92. The number of tetrazole rings is 1. The molecule has 2 amide bonds. The number of amides is 2. The molecule has 0 aliphatic heterocycles. The maximum absolute atomic E-state index is 13.0. The van der Waals surface area contributed by atoms with E-state index in [1.54, 1.807) is 31.3 Å². The molecule has 3 aromatic rings. The lowest BCUT2D eigenvalue weighted by Gasteiger charge is -2.22. The summed E-state index contributed by atoms with van der Waals surface area (Å²) in [6, 6.07) is 14.0. The predicted molar refractivity (Wildman–Crippen MR) is 120 cm³/mol. The van der Waals surface area contributed by atoms with Crippen LogP contribution in [0.3, 0.4) is 0 Å². The topological polar surface area (TPSA) is 93.0 Å². The first-order valence-electron chi connectivity index (χ1n) is 10.1. The molecule has 2 aromatic carbocycles. The molecule has 31 heavy (non-hydrogen) atoms. The van der Waals surface area contributed by atoms with Crippen LogP contribution >= 0.6 is 11.6 Å². The van der Waals surface area contributed by atoms with Gasteiger partial charge in [-0.15, -0.1) is 10.2 Å². The summed E-state index contributed by atoms with van der Waals surface area (Å²) in [5, 5.41) is 16.0. The Bertz CT molecular complexity index is 1050. The number of anilines is 1. The van der Waals surface area contributed by atoms with Crippen molar-refractivity contribution in [1.82, 2.24) is 25.1 Å². The molecule has 0 bridgehead atoms. The second kappa shape index (κ2) is 10.2. The lowest BCUT2D eigenvalue weighted by Crippen LogP contribution is -2.40. The monoisotopic (exact) mass is 440 g/mol. The fourth-order valence-electron chi connectivity index (χ4n) is 3.20. The van der Waals surface area contributed by atoms with Crippen molar-refractivity contribution in [2.45, 2.75) is 32.7 Å². The fourth-order valence-corrected chi connectivity index (χ4v) is 3.32. The van der Waals surface area contributed by atoms with Gasteiger partial charge in [-0.1, -0.05) is 43.6 Å². The minimum absolute atomic E-state index is 0.0773. The van der Waals surface area contributed by atoms with Crippen molar-refractivity contribution in [1.29, 1.82) is 0 Å².